The third-order valence-corrected chi connectivity index (χ3v) is 4.48. The molecule has 1 fully saturated rings. The summed E-state index contributed by atoms with van der Waals surface area (Å²) in [7, 11) is 0. The molecule has 1 aliphatic rings. The zero-order chi connectivity index (χ0) is 15.7. The summed E-state index contributed by atoms with van der Waals surface area (Å²) in [6.07, 6.45) is 2.51. The normalized spacial score (nSPS) is 16.8. The van der Waals surface area contributed by atoms with E-state index in [4.69, 9.17) is 0 Å². The number of rotatable bonds is 3. The lowest BCUT2D eigenvalue weighted by molar-refractivity contribution is 0.263. The van der Waals surface area contributed by atoms with Crippen molar-refractivity contribution in [2.75, 3.05) is 13.1 Å². The van der Waals surface area contributed by atoms with Crippen LogP contribution in [0.1, 0.15) is 37.1 Å². The van der Waals surface area contributed by atoms with E-state index in [-0.39, 0.29) is 5.56 Å². The SMILES string of the molecule is Cc1[nH]c(=O)[nH]c(=O)c1-c1cccc([C@@H](C)N2CCCC2)c1. The largest absolute Gasteiger partial charge is 0.325 e. The van der Waals surface area contributed by atoms with Crippen LogP contribution in [-0.4, -0.2) is 28.0 Å². The lowest BCUT2D eigenvalue weighted by atomic mass is 9.99. The molecule has 1 aromatic carbocycles. The van der Waals surface area contributed by atoms with E-state index >= 15 is 0 Å². The monoisotopic (exact) mass is 299 g/mol. The van der Waals surface area contributed by atoms with Crippen molar-refractivity contribution < 1.29 is 0 Å². The molecule has 0 bridgehead atoms. The van der Waals surface area contributed by atoms with E-state index in [0.717, 1.165) is 18.7 Å². The Morgan fingerprint density at radius 2 is 1.86 bits per heavy atom. The fourth-order valence-corrected chi connectivity index (χ4v) is 3.24. The van der Waals surface area contributed by atoms with Crippen LogP contribution < -0.4 is 11.2 Å². The molecule has 1 atom stereocenters. The Hall–Kier alpha value is -2.14. The minimum Gasteiger partial charge on any atom is -0.311 e. The van der Waals surface area contributed by atoms with Crippen molar-refractivity contribution in [3.63, 3.8) is 0 Å². The van der Waals surface area contributed by atoms with Crippen molar-refractivity contribution >= 4 is 0 Å². The van der Waals surface area contributed by atoms with E-state index in [2.05, 4.69) is 33.9 Å². The molecule has 2 N–H and O–H groups in total. The first-order valence-corrected chi connectivity index (χ1v) is 7.74. The van der Waals surface area contributed by atoms with E-state index in [1.54, 1.807) is 6.92 Å². The number of nitrogens with zero attached hydrogens (tertiary/aromatic N) is 1. The molecule has 1 aromatic heterocycles. The van der Waals surface area contributed by atoms with Gasteiger partial charge in [0.1, 0.15) is 0 Å². The van der Waals surface area contributed by atoms with Gasteiger partial charge >= 0.3 is 5.69 Å². The Morgan fingerprint density at radius 3 is 2.55 bits per heavy atom. The van der Waals surface area contributed by atoms with Crippen LogP contribution in [0.2, 0.25) is 0 Å². The summed E-state index contributed by atoms with van der Waals surface area (Å²) in [5.74, 6) is 0. The predicted molar refractivity (Wildman–Crippen MR) is 87.1 cm³/mol. The fourth-order valence-electron chi connectivity index (χ4n) is 3.24. The zero-order valence-electron chi connectivity index (χ0n) is 13.0. The second-order valence-electron chi connectivity index (χ2n) is 5.95. The summed E-state index contributed by atoms with van der Waals surface area (Å²) in [5.41, 5.74) is 2.37. The summed E-state index contributed by atoms with van der Waals surface area (Å²) >= 11 is 0. The molecular formula is C17H21N3O2. The molecule has 1 aliphatic heterocycles. The highest BCUT2D eigenvalue weighted by atomic mass is 16.2. The lowest BCUT2D eigenvalue weighted by Crippen LogP contribution is -2.25. The van der Waals surface area contributed by atoms with Gasteiger partial charge in [-0.25, -0.2) is 4.79 Å². The highest BCUT2D eigenvalue weighted by Gasteiger charge is 2.20. The van der Waals surface area contributed by atoms with Gasteiger partial charge in [-0.05, 0) is 57.0 Å². The standard InChI is InChI=1S/C17H21N3O2/c1-11-15(16(21)19-17(22)18-11)14-7-5-6-13(10-14)12(2)20-8-3-4-9-20/h5-7,10,12H,3-4,8-9H2,1-2H3,(H2,18,19,21,22)/t12-/m1/s1. The van der Waals surface area contributed by atoms with Gasteiger partial charge in [-0.2, -0.15) is 0 Å². The van der Waals surface area contributed by atoms with Crippen molar-refractivity contribution in [2.24, 2.45) is 0 Å². The first-order valence-electron chi connectivity index (χ1n) is 7.74. The Morgan fingerprint density at radius 1 is 1.14 bits per heavy atom. The Labute approximate surface area is 129 Å². The number of aromatic amines is 2. The molecule has 22 heavy (non-hydrogen) atoms. The molecule has 0 saturated carbocycles. The summed E-state index contributed by atoms with van der Waals surface area (Å²) in [6.45, 7) is 6.21. The second kappa shape index (κ2) is 5.93. The molecule has 5 heteroatoms. The zero-order valence-corrected chi connectivity index (χ0v) is 13.0. The van der Waals surface area contributed by atoms with Crippen LogP contribution in [-0.2, 0) is 0 Å². The van der Waals surface area contributed by atoms with Gasteiger partial charge in [0.2, 0.25) is 0 Å². The molecular weight excluding hydrogens is 278 g/mol. The molecule has 0 unspecified atom stereocenters. The second-order valence-corrected chi connectivity index (χ2v) is 5.95. The maximum Gasteiger partial charge on any atom is 0.325 e. The molecule has 0 spiro atoms. The molecule has 2 heterocycles. The van der Waals surface area contributed by atoms with Gasteiger partial charge in [0.05, 0.1) is 5.56 Å². The van der Waals surface area contributed by atoms with Gasteiger partial charge in [0, 0.05) is 11.7 Å². The average molecular weight is 299 g/mol. The third kappa shape index (κ3) is 2.76. The quantitative estimate of drug-likeness (QED) is 0.913. The number of aromatic nitrogens is 2. The van der Waals surface area contributed by atoms with Crippen LogP contribution in [0.5, 0.6) is 0 Å². The highest BCUT2D eigenvalue weighted by molar-refractivity contribution is 5.65. The van der Waals surface area contributed by atoms with Crippen LogP contribution in [0.3, 0.4) is 0 Å². The Bertz CT molecular complexity index is 785. The van der Waals surface area contributed by atoms with Gasteiger partial charge in [-0.1, -0.05) is 18.2 Å². The van der Waals surface area contributed by atoms with Crippen molar-refractivity contribution in [1.82, 2.24) is 14.9 Å². The minimum absolute atomic E-state index is 0.338. The van der Waals surface area contributed by atoms with Crippen molar-refractivity contribution in [3.8, 4) is 11.1 Å². The van der Waals surface area contributed by atoms with Gasteiger partial charge in [-0.3, -0.25) is 14.7 Å². The number of hydrogen-bond acceptors (Lipinski definition) is 3. The van der Waals surface area contributed by atoms with Crippen LogP contribution >= 0.6 is 0 Å². The number of hydrogen-bond donors (Lipinski definition) is 2. The van der Waals surface area contributed by atoms with Crippen molar-refractivity contribution in [3.05, 3.63) is 56.4 Å². The molecule has 3 rings (SSSR count). The summed E-state index contributed by atoms with van der Waals surface area (Å²) in [5, 5.41) is 0. The van der Waals surface area contributed by atoms with Gasteiger partial charge in [-0.15, -0.1) is 0 Å². The summed E-state index contributed by atoms with van der Waals surface area (Å²) in [4.78, 5) is 30.9. The first kappa shape index (κ1) is 14.8. The number of likely N-dealkylation sites (tertiary alicyclic amines) is 1. The molecule has 2 aromatic rings. The Balaban J connectivity index is 2.01. The Kier molecular flexibility index (Phi) is 3.98. The number of H-pyrrole nitrogens is 2. The molecule has 1 saturated heterocycles. The maximum absolute atomic E-state index is 12.1. The van der Waals surface area contributed by atoms with Crippen LogP contribution in [0.25, 0.3) is 11.1 Å². The molecule has 0 amide bonds. The van der Waals surface area contributed by atoms with E-state index < -0.39 is 5.69 Å². The van der Waals surface area contributed by atoms with Crippen molar-refractivity contribution in [1.29, 1.82) is 0 Å². The number of aryl methyl sites for hydroxylation is 1. The fraction of sp³-hybridized carbons (Fsp3) is 0.412. The number of nitrogens with one attached hydrogen (secondary N) is 2. The topological polar surface area (TPSA) is 69.0 Å². The van der Waals surface area contributed by atoms with Crippen LogP contribution in [0, 0.1) is 6.92 Å². The molecule has 116 valence electrons. The van der Waals surface area contributed by atoms with Gasteiger partial charge in [0.25, 0.3) is 5.56 Å². The molecule has 0 radical (unpaired) electrons. The van der Waals surface area contributed by atoms with E-state index in [9.17, 15) is 9.59 Å². The van der Waals surface area contributed by atoms with Crippen molar-refractivity contribution in [2.45, 2.75) is 32.7 Å². The molecule has 0 aliphatic carbocycles. The van der Waals surface area contributed by atoms with E-state index in [1.807, 2.05) is 12.1 Å². The minimum atomic E-state index is -0.465. The maximum atomic E-state index is 12.1. The van der Waals surface area contributed by atoms with E-state index in [0.29, 0.717) is 17.3 Å². The highest BCUT2D eigenvalue weighted by Crippen LogP contribution is 2.27. The van der Waals surface area contributed by atoms with Crippen LogP contribution in [0.4, 0.5) is 0 Å². The first-order chi connectivity index (χ1) is 10.6. The average Bonchev–Trinajstić information content (AvgIpc) is 3.00. The molecule has 5 nitrogen and oxygen atoms in total. The van der Waals surface area contributed by atoms with Gasteiger partial charge < -0.3 is 4.98 Å². The van der Waals surface area contributed by atoms with Gasteiger partial charge in [0.15, 0.2) is 0 Å². The van der Waals surface area contributed by atoms with Crippen LogP contribution in [0.15, 0.2) is 33.9 Å². The summed E-state index contributed by atoms with van der Waals surface area (Å²) < 4.78 is 0. The smallest absolute Gasteiger partial charge is 0.311 e. The lowest BCUT2D eigenvalue weighted by Gasteiger charge is -2.24. The number of benzene rings is 1. The predicted octanol–water partition coefficient (Wildman–Crippen LogP) is 2.20. The van der Waals surface area contributed by atoms with E-state index in [1.165, 1.54) is 18.4 Å². The third-order valence-electron chi connectivity index (χ3n) is 4.48. The summed E-state index contributed by atoms with van der Waals surface area (Å²) in [6, 6.07) is 8.38.